The highest BCUT2D eigenvalue weighted by atomic mass is 32.1. The minimum absolute atomic E-state index is 0.0616. The van der Waals surface area contributed by atoms with E-state index in [-0.39, 0.29) is 17.5 Å². The molecule has 5 heteroatoms. The summed E-state index contributed by atoms with van der Waals surface area (Å²) in [4.78, 5) is 12.2. The van der Waals surface area contributed by atoms with Crippen molar-refractivity contribution in [1.82, 2.24) is 15.0 Å². The predicted octanol–water partition coefficient (Wildman–Crippen LogP) is 3.31. The summed E-state index contributed by atoms with van der Waals surface area (Å²) in [6, 6.07) is 10.5. The highest BCUT2D eigenvalue weighted by Gasteiger charge is 2.22. The van der Waals surface area contributed by atoms with Crippen LogP contribution in [0.25, 0.3) is 0 Å². The quantitative estimate of drug-likeness (QED) is 0.859. The molecule has 0 saturated carbocycles. The maximum atomic E-state index is 12.2. The SMILES string of the molecule is Cc1nscc1C(=O)NCC(C)(C)N[C@@H](C)c1ccccc1. The molecule has 0 aliphatic heterocycles. The number of hydrogen-bond acceptors (Lipinski definition) is 4. The van der Waals surface area contributed by atoms with Crippen molar-refractivity contribution >= 4 is 17.4 Å². The average Bonchev–Trinajstić information content (AvgIpc) is 2.91. The molecular formula is C17H23N3OS. The number of nitrogens with one attached hydrogen (secondary N) is 2. The summed E-state index contributed by atoms with van der Waals surface area (Å²) < 4.78 is 4.14. The van der Waals surface area contributed by atoms with Gasteiger partial charge in [-0.3, -0.25) is 4.79 Å². The molecule has 2 aromatic rings. The maximum Gasteiger partial charge on any atom is 0.254 e. The summed E-state index contributed by atoms with van der Waals surface area (Å²) in [6.07, 6.45) is 0. The molecule has 2 rings (SSSR count). The molecule has 0 radical (unpaired) electrons. The van der Waals surface area contributed by atoms with E-state index >= 15 is 0 Å². The van der Waals surface area contributed by atoms with Gasteiger partial charge in [-0.1, -0.05) is 30.3 Å². The fourth-order valence-electron chi connectivity index (χ4n) is 2.37. The van der Waals surface area contributed by atoms with Crippen molar-refractivity contribution < 1.29 is 4.79 Å². The van der Waals surface area contributed by atoms with Crippen LogP contribution in [0.1, 0.15) is 48.4 Å². The lowest BCUT2D eigenvalue weighted by atomic mass is 10.0. The molecule has 1 aromatic carbocycles. The molecule has 0 unspecified atom stereocenters. The monoisotopic (exact) mass is 317 g/mol. The van der Waals surface area contributed by atoms with Gasteiger partial charge in [-0.2, -0.15) is 4.37 Å². The number of carbonyl (C=O) groups excluding carboxylic acids is 1. The number of rotatable bonds is 6. The van der Waals surface area contributed by atoms with Crippen molar-refractivity contribution in [2.45, 2.75) is 39.3 Å². The first-order chi connectivity index (χ1) is 10.4. The van der Waals surface area contributed by atoms with Crippen molar-refractivity contribution in [3.8, 4) is 0 Å². The van der Waals surface area contributed by atoms with Crippen molar-refractivity contribution in [3.63, 3.8) is 0 Å². The van der Waals surface area contributed by atoms with E-state index in [9.17, 15) is 4.79 Å². The Morgan fingerprint density at radius 3 is 2.59 bits per heavy atom. The van der Waals surface area contributed by atoms with Gasteiger partial charge in [0.15, 0.2) is 0 Å². The molecule has 0 bridgehead atoms. The molecule has 118 valence electrons. The Balaban J connectivity index is 1.91. The largest absolute Gasteiger partial charge is 0.350 e. The number of carbonyl (C=O) groups is 1. The van der Waals surface area contributed by atoms with E-state index in [1.54, 1.807) is 5.38 Å². The highest BCUT2D eigenvalue weighted by Crippen LogP contribution is 2.16. The zero-order valence-electron chi connectivity index (χ0n) is 13.5. The number of aryl methyl sites for hydroxylation is 1. The number of aromatic nitrogens is 1. The summed E-state index contributed by atoms with van der Waals surface area (Å²) in [5.74, 6) is -0.0616. The summed E-state index contributed by atoms with van der Waals surface area (Å²) >= 11 is 1.31. The minimum atomic E-state index is -0.206. The van der Waals surface area contributed by atoms with Crippen LogP contribution >= 0.6 is 11.5 Å². The molecule has 0 spiro atoms. The Hall–Kier alpha value is -1.72. The third-order valence-corrected chi connectivity index (χ3v) is 4.31. The Bertz CT molecular complexity index is 622. The predicted molar refractivity (Wildman–Crippen MR) is 91.3 cm³/mol. The summed E-state index contributed by atoms with van der Waals surface area (Å²) in [7, 11) is 0. The van der Waals surface area contributed by atoms with Crippen LogP contribution in [-0.4, -0.2) is 22.4 Å². The highest BCUT2D eigenvalue weighted by molar-refractivity contribution is 7.03. The molecule has 1 aromatic heterocycles. The molecule has 1 amide bonds. The molecular weight excluding hydrogens is 294 g/mol. The minimum Gasteiger partial charge on any atom is -0.350 e. The van der Waals surface area contributed by atoms with Crippen molar-refractivity contribution in [2.75, 3.05) is 6.54 Å². The number of hydrogen-bond donors (Lipinski definition) is 2. The normalized spacial score (nSPS) is 12.9. The molecule has 0 fully saturated rings. The lowest BCUT2D eigenvalue weighted by Gasteiger charge is -2.30. The van der Waals surface area contributed by atoms with Gasteiger partial charge in [-0.25, -0.2) is 0 Å². The van der Waals surface area contributed by atoms with Crippen LogP contribution in [-0.2, 0) is 0 Å². The smallest absolute Gasteiger partial charge is 0.254 e. The topological polar surface area (TPSA) is 54.0 Å². The Kier molecular flexibility index (Phi) is 5.32. The van der Waals surface area contributed by atoms with Crippen LogP contribution in [0.2, 0.25) is 0 Å². The van der Waals surface area contributed by atoms with Crippen LogP contribution in [0, 0.1) is 6.92 Å². The van der Waals surface area contributed by atoms with E-state index in [1.807, 2.05) is 25.1 Å². The molecule has 0 saturated heterocycles. The zero-order valence-corrected chi connectivity index (χ0v) is 14.3. The Labute approximate surface area is 136 Å². The molecule has 22 heavy (non-hydrogen) atoms. The van der Waals surface area contributed by atoms with Gasteiger partial charge in [-0.15, -0.1) is 0 Å². The molecule has 2 N–H and O–H groups in total. The van der Waals surface area contributed by atoms with Gasteiger partial charge in [0.25, 0.3) is 5.91 Å². The average molecular weight is 317 g/mol. The first kappa shape index (κ1) is 16.6. The molecule has 1 heterocycles. The van der Waals surface area contributed by atoms with Crippen molar-refractivity contribution in [3.05, 3.63) is 52.5 Å². The van der Waals surface area contributed by atoms with Gasteiger partial charge in [0.1, 0.15) is 0 Å². The molecule has 1 atom stereocenters. The lowest BCUT2D eigenvalue weighted by Crippen LogP contribution is -2.49. The van der Waals surface area contributed by atoms with Gasteiger partial charge in [0, 0.05) is 23.5 Å². The third-order valence-electron chi connectivity index (χ3n) is 3.59. The zero-order chi connectivity index (χ0) is 16.2. The second-order valence-electron chi connectivity index (χ2n) is 6.16. The fraction of sp³-hybridized carbons (Fsp3) is 0.412. The van der Waals surface area contributed by atoms with Gasteiger partial charge in [0.2, 0.25) is 0 Å². The summed E-state index contributed by atoms with van der Waals surface area (Å²) in [5, 5.41) is 8.34. The van der Waals surface area contributed by atoms with Crippen molar-refractivity contribution in [2.24, 2.45) is 0 Å². The summed E-state index contributed by atoms with van der Waals surface area (Å²) in [6.45, 7) is 8.72. The van der Waals surface area contributed by atoms with E-state index in [2.05, 4.69) is 47.9 Å². The second-order valence-corrected chi connectivity index (χ2v) is 6.79. The van der Waals surface area contributed by atoms with Gasteiger partial charge < -0.3 is 10.6 Å². The third kappa shape index (κ3) is 4.39. The summed E-state index contributed by atoms with van der Waals surface area (Å²) in [5.41, 5.74) is 2.48. The van der Waals surface area contributed by atoms with E-state index in [0.717, 1.165) is 5.69 Å². The fourth-order valence-corrected chi connectivity index (χ4v) is 3.06. The second kappa shape index (κ2) is 7.03. The van der Waals surface area contributed by atoms with E-state index in [0.29, 0.717) is 12.1 Å². The maximum absolute atomic E-state index is 12.2. The number of nitrogens with zero attached hydrogens (tertiary/aromatic N) is 1. The Morgan fingerprint density at radius 1 is 1.32 bits per heavy atom. The van der Waals surface area contributed by atoms with E-state index in [1.165, 1.54) is 17.1 Å². The van der Waals surface area contributed by atoms with Crippen LogP contribution in [0.4, 0.5) is 0 Å². The lowest BCUT2D eigenvalue weighted by molar-refractivity contribution is 0.0940. The van der Waals surface area contributed by atoms with E-state index < -0.39 is 0 Å². The van der Waals surface area contributed by atoms with Crippen LogP contribution in [0.3, 0.4) is 0 Å². The molecule has 0 aliphatic carbocycles. The van der Waals surface area contributed by atoms with Crippen LogP contribution < -0.4 is 10.6 Å². The Morgan fingerprint density at radius 2 is 2.00 bits per heavy atom. The van der Waals surface area contributed by atoms with Crippen molar-refractivity contribution in [1.29, 1.82) is 0 Å². The van der Waals surface area contributed by atoms with Crippen LogP contribution in [0.5, 0.6) is 0 Å². The van der Waals surface area contributed by atoms with Gasteiger partial charge in [0.05, 0.1) is 11.3 Å². The standard InChI is InChI=1S/C17H23N3OS/c1-12(14-8-6-5-7-9-14)19-17(3,4)11-18-16(21)15-10-22-20-13(15)2/h5-10,12,19H,11H2,1-4H3,(H,18,21)/t12-/m0/s1. The first-order valence-electron chi connectivity index (χ1n) is 7.41. The van der Waals surface area contributed by atoms with Crippen LogP contribution in [0.15, 0.2) is 35.7 Å². The molecule has 0 aliphatic rings. The van der Waals surface area contributed by atoms with Gasteiger partial charge in [-0.05, 0) is 44.8 Å². The van der Waals surface area contributed by atoms with Gasteiger partial charge >= 0.3 is 0 Å². The number of amides is 1. The number of benzene rings is 1. The molecule has 4 nitrogen and oxygen atoms in total. The first-order valence-corrected chi connectivity index (χ1v) is 8.24. The van der Waals surface area contributed by atoms with E-state index in [4.69, 9.17) is 0 Å².